The van der Waals surface area contributed by atoms with E-state index in [1.54, 1.807) is 24.3 Å². The molecule has 0 bridgehead atoms. The Bertz CT molecular complexity index is 673. The molecular formula is C20H23NO3. The second-order valence-electron chi connectivity index (χ2n) is 6.26. The number of aliphatic hydroxyl groups excluding tert-OH is 1. The third-order valence-corrected chi connectivity index (χ3v) is 4.36. The molecule has 1 N–H and O–H groups in total. The predicted octanol–water partition coefficient (Wildman–Crippen LogP) is 3.34. The number of aliphatic hydroxyl groups is 1. The molecule has 2 aromatic carbocycles. The second-order valence-corrected chi connectivity index (χ2v) is 6.26. The molecule has 1 fully saturated rings. The second kappa shape index (κ2) is 7.49. The van der Waals surface area contributed by atoms with Crippen molar-refractivity contribution in [3.8, 4) is 5.75 Å². The van der Waals surface area contributed by atoms with Crippen LogP contribution in [0.5, 0.6) is 5.75 Å². The molecule has 3 rings (SSSR count). The number of benzene rings is 2. The van der Waals surface area contributed by atoms with E-state index in [2.05, 4.69) is 0 Å². The average Bonchev–Trinajstić information content (AvgIpc) is 3.15. The van der Waals surface area contributed by atoms with Gasteiger partial charge in [0.15, 0.2) is 0 Å². The molecule has 1 saturated heterocycles. The zero-order valence-corrected chi connectivity index (χ0v) is 13.9. The van der Waals surface area contributed by atoms with Crippen molar-refractivity contribution in [1.29, 1.82) is 0 Å². The lowest BCUT2D eigenvalue weighted by Gasteiger charge is -2.16. The molecule has 0 aliphatic carbocycles. The largest absolute Gasteiger partial charge is 0.491 e. The minimum absolute atomic E-state index is 0.0822. The summed E-state index contributed by atoms with van der Waals surface area (Å²) in [4.78, 5) is 14.2. The van der Waals surface area contributed by atoms with Crippen molar-refractivity contribution in [3.05, 3.63) is 65.2 Å². The first-order chi connectivity index (χ1) is 11.6. The Morgan fingerprint density at radius 2 is 1.71 bits per heavy atom. The van der Waals surface area contributed by atoms with E-state index in [0.717, 1.165) is 37.1 Å². The molecule has 1 unspecified atom stereocenters. The van der Waals surface area contributed by atoms with Crippen LogP contribution in [-0.4, -0.2) is 35.6 Å². The molecule has 1 atom stereocenters. The molecule has 2 aromatic rings. The van der Waals surface area contributed by atoms with Crippen LogP contribution < -0.4 is 4.74 Å². The highest BCUT2D eigenvalue weighted by Crippen LogP contribution is 2.19. The number of aryl methyl sites for hydroxylation is 1. The summed E-state index contributed by atoms with van der Waals surface area (Å²) < 4.78 is 5.64. The van der Waals surface area contributed by atoms with E-state index in [0.29, 0.717) is 11.3 Å². The molecule has 4 heteroatoms. The first-order valence-corrected chi connectivity index (χ1v) is 8.40. The number of hydrogen-bond donors (Lipinski definition) is 1. The highest BCUT2D eigenvalue weighted by Gasteiger charge is 2.19. The highest BCUT2D eigenvalue weighted by molar-refractivity contribution is 5.94. The van der Waals surface area contributed by atoms with Crippen LogP contribution in [0.1, 0.15) is 40.4 Å². The smallest absolute Gasteiger partial charge is 0.253 e. The van der Waals surface area contributed by atoms with Gasteiger partial charge in [-0.2, -0.15) is 0 Å². The Kier molecular flexibility index (Phi) is 5.16. The SMILES string of the molecule is Cc1ccc(C(O)COc2ccc(C(=O)N3CCCC3)cc2)cc1. The number of ether oxygens (including phenoxy) is 1. The van der Waals surface area contributed by atoms with Gasteiger partial charge in [0.2, 0.25) is 0 Å². The normalized spacial score (nSPS) is 15.3. The van der Waals surface area contributed by atoms with Gasteiger partial charge in [-0.15, -0.1) is 0 Å². The monoisotopic (exact) mass is 325 g/mol. The van der Waals surface area contributed by atoms with Crippen LogP contribution in [0.3, 0.4) is 0 Å². The molecular weight excluding hydrogens is 302 g/mol. The predicted molar refractivity (Wildman–Crippen MR) is 93.2 cm³/mol. The van der Waals surface area contributed by atoms with Crippen molar-refractivity contribution in [2.24, 2.45) is 0 Å². The summed E-state index contributed by atoms with van der Waals surface area (Å²) in [6.45, 7) is 3.89. The summed E-state index contributed by atoms with van der Waals surface area (Å²) >= 11 is 0. The van der Waals surface area contributed by atoms with Gasteiger partial charge in [-0.25, -0.2) is 0 Å². The lowest BCUT2D eigenvalue weighted by atomic mass is 10.1. The number of carbonyl (C=O) groups is 1. The molecule has 1 aliphatic heterocycles. The van der Waals surface area contributed by atoms with E-state index in [4.69, 9.17) is 4.74 Å². The number of likely N-dealkylation sites (tertiary alicyclic amines) is 1. The standard InChI is InChI=1S/C20H23NO3/c1-15-4-6-16(7-5-15)19(22)14-24-18-10-8-17(9-11-18)20(23)21-12-2-3-13-21/h4-11,19,22H,2-3,12-14H2,1H3. The molecule has 0 radical (unpaired) electrons. The van der Waals surface area contributed by atoms with Gasteiger partial charge in [0.1, 0.15) is 18.5 Å². The van der Waals surface area contributed by atoms with Crippen molar-refractivity contribution < 1.29 is 14.6 Å². The summed E-state index contributed by atoms with van der Waals surface area (Å²) in [5.41, 5.74) is 2.68. The van der Waals surface area contributed by atoms with E-state index in [9.17, 15) is 9.90 Å². The molecule has 0 aromatic heterocycles. The first-order valence-electron chi connectivity index (χ1n) is 8.40. The van der Waals surface area contributed by atoms with Crippen LogP contribution in [0.25, 0.3) is 0 Å². The topological polar surface area (TPSA) is 49.8 Å². The molecule has 1 amide bonds. The minimum atomic E-state index is -0.670. The van der Waals surface area contributed by atoms with Crippen LogP contribution in [0.15, 0.2) is 48.5 Å². The van der Waals surface area contributed by atoms with Crippen molar-refractivity contribution in [1.82, 2.24) is 4.90 Å². The van der Waals surface area contributed by atoms with Gasteiger partial charge in [-0.3, -0.25) is 4.79 Å². The molecule has 1 aliphatic rings. The summed E-state index contributed by atoms with van der Waals surface area (Å²) in [5, 5.41) is 10.2. The number of rotatable bonds is 5. The third-order valence-electron chi connectivity index (χ3n) is 4.36. The fourth-order valence-corrected chi connectivity index (χ4v) is 2.86. The Morgan fingerprint density at radius 3 is 2.33 bits per heavy atom. The summed E-state index contributed by atoms with van der Waals surface area (Å²) in [6, 6.07) is 14.9. The van der Waals surface area contributed by atoms with Gasteiger partial charge < -0.3 is 14.7 Å². The zero-order chi connectivity index (χ0) is 16.9. The van der Waals surface area contributed by atoms with E-state index in [1.165, 1.54) is 0 Å². The van der Waals surface area contributed by atoms with Gasteiger partial charge in [0.05, 0.1) is 0 Å². The van der Waals surface area contributed by atoms with Gasteiger partial charge >= 0.3 is 0 Å². The van der Waals surface area contributed by atoms with Crippen LogP contribution >= 0.6 is 0 Å². The Morgan fingerprint density at radius 1 is 1.08 bits per heavy atom. The maximum absolute atomic E-state index is 12.3. The van der Waals surface area contributed by atoms with Crippen molar-refractivity contribution in [2.75, 3.05) is 19.7 Å². The van der Waals surface area contributed by atoms with Gasteiger partial charge in [-0.1, -0.05) is 29.8 Å². The maximum Gasteiger partial charge on any atom is 0.253 e. The summed E-state index contributed by atoms with van der Waals surface area (Å²) in [5.74, 6) is 0.734. The Hall–Kier alpha value is -2.33. The lowest BCUT2D eigenvalue weighted by Crippen LogP contribution is -2.27. The maximum atomic E-state index is 12.3. The zero-order valence-electron chi connectivity index (χ0n) is 13.9. The van der Waals surface area contributed by atoms with Gasteiger partial charge in [0.25, 0.3) is 5.91 Å². The Balaban J connectivity index is 1.56. The van der Waals surface area contributed by atoms with Crippen LogP contribution in [0.2, 0.25) is 0 Å². The molecule has 126 valence electrons. The quantitative estimate of drug-likeness (QED) is 0.917. The van der Waals surface area contributed by atoms with Crippen molar-refractivity contribution in [3.63, 3.8) is 0 Å². The molecule has 1 heterocycles. The lowest BCUT2D eigenvalue weighted by molar-refractivity contribution is 0.0792. The van der Waals surface area contributed by atoms with Crippen LogP contribution in [-0.2, 0) is 0 Å². The minimum Gasteiger partial charge on any atom is -0.491 e. The summed E-state index contributed by atoms with van der Waals surface area (Å²) in [7, 11) is 0. The van der Waals surface area contributed by atoms with E-state index in [-0.39, 0.29) is 12.5 Å². The Labute approximate surface area is 142 Å². The fraction of sp³-hybridized carbons (Fsp3) is 0.350. The number of hydrogen-bond acceptors (Lipinski definition) is 3. The average molecular weight is 325 g/mol. The van der Waals surface area contributed by atoms with Crippen molar-refractivity contribution >= 4 is 5.91 Å². The highest BCUT2D eigenvalue weighted by atomic mass is 16.5. The molecule has 0 saturated carbocycles. The van der Waals surface area contributed by atoms with Crippen LogP contribution in [0.4, 0.5) is 0 Å². The third kappa shape index (κ3) is 3.95. The molecule has 24 heavy (non-hydrogen) atoms. The van der Waals surface area contributed by atoms with E-state index in [1.807, 2.05) is 36.1 Å². The number of nitrogens with zero attached hydrogens (tertiary/aromatic N) is 1. The first kappa shape index (κ1) is 16.5. The molecule has 4 nitrogen and oxygen atoms in total. The molecule has 0 spiro atoms. The number of amides is 1. The van der Waals surface area contributed by atoms with Gasteiger partial charge in [-0.05, 0) is 49.6 Å². The van der Waals surface area contributed by atoms with E-state index < -0.39 is 6.10 Å². The van der Waals surface area contributed by atoms with E-state index >= 15 is 0 Å². The van der Waals surface area contributed by atoms with Crippen molar-refractivity contribution in [2.45, 2.75) is 25.9 Å². The van der Waals surface area contributed by atoms with Crippen LogP contribution in [0, 0.1) is 6.92 Å². The summed E-state index contributed by atoms with van der Waals surface area (Å²) in [6.07, 6.45) is 1.50. The fourth-order valence-electron chi connectivity index (χ4n) is 2.86. The van der Waals surface area contributed by atoms with Gasteiger partial charge in [0, 0.05) is 18.7 Å². The number of carbonyl (C=O) groups excluding carboxylic acids is 1.